The van der Waals surface area contributed by atoms with Gasteiger partial charge in [-0.25, -0.2) is 18.6 Å². The summed E-state index contributed by atoms with van der Waals surface area (Å²) in [7, 11) is 1.74. The average Bonchev–Trinajstić information content (AvgIpc) is 3.13. The number of benzene rings is 1. The van der Waals surface area contributed by atoms with Gasteiger partial charge < -0.3 is 25.0 Å². The van der Waals surface area contributed by atoms with Crippen LogP contribution in [-0.4, -0.2) is 59.5 Å². The van der Waals surface area contributed by atoms with Crippen LogP contribution < -0.4 is 15.4 Å². The van der Waals surface area contributed by atoms with Crippen LogP contribution in [0.1, 0.15) is 44.0 Å². The van der Waals surface area contributed by atoms with Crippen LogP contribution in [0.4, 0.5) is 31.0 Å². The van der Waals surface area contributed by atoms with Crippen molar-refractivity contribution in [2.75, 3.05) is 37.4 Å². The Balaban J connectivity index is 1.70. The molecule has 2 aliphatic rings. The molecule has 1 unspecified atom stereocenters. The summed E-state index contributed by atoms with van der Waals surface area (Å²) in [4.78, 5) is 22.5. The number of aryl methyl sites for hydroxylation is 1. The van der Waals surface area contributed by atoms with Crippen LogP contribution in [-0.2, 0) is 11.2 Å². The molecule has 1 amide bonds. The van der Waals surface area contributed by atoms with E-state index in [0.717, 1.165) is 5.56 Å². The number of amides is 1. The Kier molecular flexibility index (Phi) is 6.82. The molecule has 0 spiro atoms. The highest BCUT2D eigenvalue weighted by Crippen LogP contribution is 2.42. The number of hydrogen-bond acceptors (Lipinski definition) is 7. The van der Waals surface area contributed by atoms with Gasteiger partial charge in [0.2, 0.25) is 5.95 Å². The maximum Gasteiger partial charge on any atom is 0.410 e. The third-order valence-corrected chi connectivity index (χ3v) is 5.66. The molecular weight excluding hydrogens is 456 g/mol. The van der Waals surface area contributed by atoms with Crippen molar-refractivity contribution in [3.63, 3.8) is 0 Å². The molecule has 1 atom stereocenters. The Morgan fingerprint density at radius 1 is 1.29 bits per heavy atom. The predicted octanol–water partition coefficient (Wildman–Crippen LogP) is 5.01. The van der Waals surface area contributed by atoms with Crippen molar-refractivity contribution in [2.45, 2.75) is 52.3 Å². The van der Waals surface area contributed by atoms with Gasteiger partial charge in [0, 0.05) is 43.8 Å². The zero-order valence-electron chi connectivity index (χ0n) is 20.7. The predicted molar refractivity (Wildman–Crippen MR) is 130 cm³/mol. The molecule has 0 aliphatic carbocycles. The summed E-state index contributed by atoms with van der Waals surface area (Å²) in [5.41, 5.74) is 1.66. The summed E-state index contributed by atoms with van der Waals surface area (Å²) >= 11 is 0. The highest BCUT2D eigenvalue weighted by Gasteiger charge is 2.31. The monoisotopic (exact) mass is 487 g/mol. The van der Waals surface area contributed by atoms with Crippen LogP contribution in [0, 0.1) is 12.7 Å². The first-order chi connectivity index (χ1) is 16.5. The van der Waals surface area contributed by atoms with Crippen LogP contribution in [0.15, 0.2) is 18.2 Å². The Morgan fingerprint density at radius 3 is 2.77 bits per heavy atom. The van der Waals surface area contributed by atoms with E-state index in [1.165, 1.54) is 4.90 Å². The molecule has 1 aromatic carbocycles. The fourth-order valence-corrected chi connectivity index (χ4v) is 4.16. The van der Waals surface area contributed by atoms with E-state index >= 15 is 4.39 Å². The van der Waals surface area contributed by atoms with Gasteiger partial charge >= 0.3 is 6.09 Å². The molecule has 0 radical (unpaired) electrons. The highest BCUT2D eigenvalue weighted by molar-refractivity contribution is 5.79. The van der Waals surface area contributed by atoms with E-state index in [0.29, 0.717) is 35.9 Å². The molecule has 3 heterocycles. The number of allylic oxidation sites excluding steroid dienone is 1. The topological polar surface area (TPSA) is 88.6 Å². The summed E-state index contributed by atoms with van der Waals surface area (Å²) in [6.45, 7) is 7.45. The van der Waals surface area contributed by atoms with Gasteiger partial charge in [0.25, 0.3) is 0 Å². The van der Waals surface area contributed by atoms with Crippen molar-refractivity contribution < 1.29 is 23.0 Å². The van der Waals surface area contributed by atoms with Gasteiger partial charge in [-0.1, -0.05) is 6.08 Å². The van der Waals surface area contributed by atoms with Gasteiger partial charge in [-0.2, -0.15) is 4.98 Å². The van der Waals surface area contributed by atoms with Gasteiger partial charge in [-0.15, -0.1) is 0 Å². The standard InChI is InChI=1S/C25H31F2N5O3/c1-14-10-19(28-5)31-23(29-14)30-18-12-16-7-9-34-22(16)20(21(18)27)15-6-8-32(13-17(26)11-15)24(33)35-25(2,3)4/h6,10,12,17H,7-9,11,13H2,1-5H3,(H2,28,29,30,31). The highest BCUT2D eigenvalue weighted by atomic mass is 19.1. The number of carbonyl (C=O) groups is 1. The summed E-state index contributed by atoms with van der Waals surface area (Å²) in [6, 6.07) is 3.46. The number of ether oxygens (including phenoxy) is 2. The molecule has 2 aromatic rings. The number of anilines is 3. The van der Waals surface area contributed by atoms with Gasteiger partial charge in [-0.3, -0.25) is 0 Å². The minimum Gasteiger partial charge on any atom is -0.492 e. The SMILES string of the molecule is CNc1cc(C)nc(Nc2cc3c(c(C4=CCN(C(=O)OC(C)(C)C)CC(F)C4)c2F)OCC3)n1. The quantitative estimate of drug-likeness (QED) is 0.627. The average molecular weight is 488 g/mol. The molecule has 8 nitrogen and oxygen atoms in total. The van der Waals surface area contributed by atoms with E-state index in [4.69, 9.17) is 9.47 Å². The molecule has 188 valence electrons. The molecule has 0 saturated carbocycles. The van der Waals surface area contributed by atoms with Gasteiger partial charge in [0.05, 0.1) is 24.4 Å². The van der Waals surface area contributed by atoms with E-state index in [2.05, 4.69) is 20.6 Å². The lowest BCUT2D eigenvalue weighted by molar-refractivity contribution is 0.0235. The summed E-state index contributed by atoms with van der Waals surface area (Å²) in [6.07, 6.45) is 0.231. The molecular formula is C25H31F2N5O3. The molecule has 10 heteroatoms. The van der Waals surface area contributed by atoms with E-state index in [9.17, 15) is 9.18 Å². The Bertz CT molecular complexity index is 1160. The van der Waals surface area contributed by atoms with Crippen LogP contribution in [0.25, 0.3) is 5.57 Å². The second-order valence-electron chi connectivity index (χ2n) is 9.71. The second kappa shape index (κ2) is 9.67. The number of nitrogens with one attached hydrogen (secondary N) is 2. The van der Waals surface area contributed by atoms with Crippen LogP contribution >= 0.6 is 0 Å². The molecule has 4 rings (SSSR count). The van der Waals surface area contributed by atoms with Crippen molar-refractivity contribution in [2.24, 2.45) is 0 Å². The normalized spacial score (nSPS) is 17.7. The maximum absolute atomic E-state index is 15.9. The van der Waals surface area contributed by atoms with E-state index in [-0.39, 0.29) is 36.7 Å². The number of alkyl halides is 1. The number of aromatic nitrogens is 2. The largest absolute Gasteiger partial charge is 0.492 e. The van der Waals surface area contributed by atoms with Gasteiger partial charge in [0.15, 0.2) is 5.82 Å². The minimum atomic E-state index is -1.39. The first-order valence-electron chi connectivity index (χ1n) is 11.6. The van der Waals surface area contributed by atoms with Crippen LogP contribution in [0.2, 0.25) is 0 Å². The number of rotatable bonds is 4. The third-order valence-electron chi connectivity index (χ3n) is 5.66. The second-order valence-corrected chi connectivity index (χ2v) is 9.71. The lowest BCUT2D eigenvalue weighted by Crippen LogP contribution is -2.39. The number of halogens is 2. The summed E-state index contributed by atoms with van der Waals surface area (Å²) in [5.74, 6) is 0.677. The molecule has 0 saturated heterocycles. The smallest absolute Gasteiger partial charge is 0.410 e. The zero-order chi connectivity index (χ0) is 25.3. The molecule has 35 heavy (non-hydrogen) atoms. The molecule has 1 aromatic heterocycles. The number of carbonyl (C=O) groups excluding carboxylic acids is 1. The van der Waals surface area contributed by atoms with E-state index in [1.807, 2.05) is 6.92 Å². The van der Waals surface area contributed by atoms with Gasteiger partial charge in [-0.05, 0) is 39.3 Å². The van der Waals surface area contributed by atoms with Crippen molar-refractivity contribution >= 4 is 29.1 Å². The summed E-state index contributed by atoms with van der Waals surface area (Å²) in [5, 5.41) is 5.93. The zero-order valence-corrected chi connectivity index (χ0v) is 20.7. The Labute approximate surface area is 203 Å². The van der Waals surface area contributed by atoms with Gasteiger partial charge in [0.1, 0.15) is 23.3 Å². The molecule has 0 bridgehead atoms. The van der Waals surface area contributed by atoms with Crippen molar-refractivity contribution in [3.05, 3.63) is 40.8 Å². The van der Waals surface area contributed by atoms with Crippen LogP contribution in [0.5, 0.6) is 5.75 Å². The lowest BCUT2D eigenvalue weighted by atomic mass is 9.95. The minimum absolute atomic E-state index is 0.0552. The Morgan fingerprint density at radius 2 is 2.06 bits per heavy atom. The molecule has 2 N–H and O–H groups in total. The lowest BCUT2D eigenvalue weighted by Gasteiger charge is -2.26. The number of fused-ring (bicyclic) bond motifs is 1. The van der Waals surface area contributed by atoms with E-state index in [1.54, 1.807) is 46.0 Å². The Hall–Kier alpha value is -3.43. The van der Waals surface area contributed by atoms with Crippen molar-refractivity contribution in [1.29, 1.82) is 0 Å². The molecule has 2 aliphatic heterocycles. The first-order valence-corrected chi connectivity index (χ1v) is 11.6. The molecule has 0 fully saturated rings. The fraction of sp³-hybridized carbons (Fsp3) is 0.480. The fourth-order valence-electron chi connectivity index (χ4n) is 4.16. The van der Waals surface area contributed by atoms with Crippen molar-refractivity contribution in [3.8, 4) is 5.75 Å². The van der Waals surface area contributed by atoms with E-state index < -0.39 is 23.7 Å². The van der Waals surface area contributed by atoms with Crippen LogP contribution in [0.3, 0.4) is 0 Å². The third kappa shape index (κ3) is 5.63. The maximum atomic E-state index is 15.9. The number of hydrogen-bond donors (Lipinski definition) is 2. The first kappa shape index (κ1) is 24.7. The number of nitrogens with zero attached hydrogens (tertiary/aromatic N) is 3. The summed E-state index contributed by atoms with van der Waals surface area (Å²) < 4.78 is 42.1. The van der Waals surface area contributed by atoms with Crippen molar-refractivity contribution in [1.82, 2.24) is 14.9 Å².